The topological polar surface area (TPSA) is 74.0 Å². The summed E-state index contributed by atoms with van der Waals surface area (Å²) in [5, 5.41) is 5.42. The normalized spacial score (nSPS) is 11.4. The summed E-state index contributed by atoms with van der Waals surface area (Å²) in [6.45, 7) is 0. The third-order valence-electron chi connectivity index (χ3n) is 3.57. The molecule has 1 aromatic heterocycles. The Kier molecular flexibility index (Phi) is 4.73. The molecule has 0 saturated heterocycles. The van der Waals surface area contributed by atoms with Gasteiger partial charge in [0, 0.05) is 27.3 Å². The minimum atomic E-state index is -4.47. The van der Waals surface area contributed by atoms with Crippen molar-refractivity contribution in [2.24, 2.45) is 0 Å². The number of benzene rings is 2. The van der Waals surface area contributed by atoms with Crippen LogP contribution >= 0.6 is 15.9 Å². The number of rotatable bonds is 2. The van der Waals surface area contributed by atoms with E-state index in [2.05, 4.69) is 31.5 Å². The molecular formula is C17H11BrF3N3O2. The number of carbonyl (C=O) groups is 2. The van der Waals surface area contributed by atoms with Crippen LogP contribution in [0.25, 0.3) is 10.9 Å². The van der Waals surface area contributed by atoms with Gasteiger partial charge in [-0.05, 0) is 42.5 Å². The Morgan fingerprint density at radius 2 is 1.62 bits per heavy atom. The van der Waals surface area contributed by atoms with Crippen molar-refractivity contribution in [1.82, 2.24) is 4.98 Å². The molecule has 0 saturated carbocycles. The fourth-order valence-corrected chi connectivity index (χ4v) is 2.67. The van der Waals surface area contributed by atoms with E-state index in [1.807, 2.05) is 6.07 Å². The number of carbonyl (C=O) groups excluding carboxylic acids is 2. The number of amides is 2. The molecule has 26 heavy (non-hydrogen) atoms. The van der Waals surface area contributed by atoms with Crippen LogP contribution in [0.3, 0.4) is 0 Å². The second kappa shape index (κ2) is 6.83. The van der Waals surface area contributed by atoms with Crippen molar-refractivity contribution in [3.63, 3.8) is 0 Å². The molecule has 0 unspecified atom stereocenters. The predicted octanol–water partition coefficient (Wildman–Crippen LogP) is 4.53. The quantitative estimate of drug-likeness (QED) is 0.527. The summed E-state index contributed by atoms with van der Waals surface area (Å²) < 4.78 is 38.4. The molecule has 0 aliphatic rings. The van der Waals surface area contributed by atoms with E-state index in [9.17, 15) is 22.8 Å². The van der Waals surface area contributed by atoms with Crippen molar-refractivity contribution >= 4 is 50.0 Å². The van der Waals surface area contributed by atoms with Crippen LogP contribution in [0.5, 0.6) is 0 Å². The average Bonchev–Trinajstić information content (AvgIpc) is 2.96. The van der Waals surface area contributed by atoms with E-state index in [1.54, 1.807) is 18.3 Å². The third-order valence-corrected chi connectivity index (χ3v) is 4.06. The fourth-order valence-electron chi connectivity index (χ4n) is 2.31. The monoisotopic (exact) mass is 425 g/mol. The number of aromatic nitrogens is 1. The summed E-state index contributed by atoms with van der Waals surface area (Å²) in [6, 6.07) is 9.21. The van der Waals surface area contributed by atoms with Gasteiger partial charge >= 0.3 is 18.0 Å². The Labute approximate surface area is 153 Å². The lowest BCUT2D eigenvalue weighted by atomic mass is 10.2. The maximum Gasteiger partial charge on any atom is 0.416 e. The number of aromatic amines is 1. The van der Waals surface area contributed by atoms with E-state index in [0.29, 0.717) is 11.1 Å². The van der Waals surface area contributed by atoms with E-state index in [0.717, 1.165) is 34.3 Å². The zero-order valence-electron chi connectivity index (χ0n) is 12.9. The Bertz CT molecular complexity index is 981. The van der Waals surface area contributed by atoms with Crippen molar-refractivity contribution in [2.75, 3.05) is 10.6 Å². The van der Waals surface area contributed by atoms with Gasteiger partial charge < -0.3 is 15.6 Å². The Balaban J connectivity index is 1.69. The molecule has 2 aromatic carbocycles. The average molecular weight is 426 g/mol. The summed E-state index contributed by atoms with van der Waals surface area (Å²) >= 11 is 3.32. The zero-order chi connectivity index (χ0) is 18.9. The molecule has 3 N–H and O–H groups in total. The molecule has 134 valence electrons. The smallest absolute Gasteiger partial charge is 0.359 e. The Hall–Kier alpha value is -2.81. The van der Waals surface area contributed by atoms with Crippen LogP contribution in [0.15, 0.2) is 53.1 Å². The molecule has 0 bridgehead atoms. The fraction of sp³-hybridized carbons (Fsp3) is 0.0588. The first kappa shape index (κ1) is 18.0. The highest BCUT2D eigenvalue weighted by Gasteiger charge is 2.30. The van der Waals surface area contributed by atoms with Gasteiger partial charge in [-0.1, -0.05) is 15.9 Å². The highest BCUT2D eigenvalue weighted by atomic mass is 79.9. The highest BCUT2D eigenvalue weighted by Crippen LogP contribution is 2.30. The molecule has 0 fully saturated rings. The van der Waals surface area contributed by atoms with E-state index in [1.165, 1.54) is 0 Å². The van der Waals surface area contributed by atoms with Gasteiger partial charge in [-0.15, -0.1) is 0 Å². The predicted molar refractivity (Wildman–Crippen MR) is 94.7 cm³/mol. The maximum absolute atomic E-state index is 12.5. The van der Waals surface area contributed by atoms with Gasteiger partial charge in [0.25, 0.3) is 0 Å². The first-order valence-electron chi connectivity index (χ1n) is 7.30. The molecule has 0 aliphatic carbocycles. The van der Waals surface area contributed by atoms with Crippen molar-refractivity contribution in [3.05, 3.63) is 58.7 Å². The van der Waals surface area contributed by atoms with Crippen LogP contribution in [0, 0.1) is 0 Å². The van der Waals surface area contributed by atoms with E-state index in [4.69, 9.17) is 0 Å². The van der Waals surface area contributed by atoms with E-state index >= 15 is 0 Å². The van der Waals surface area contributed by atoms with Crippen molar-refractivity contribution in [3.8, 4) is 0 Å². The third kappa shape index (κ3) is 3.88. The number of fused-ring (bicyclic) bond motifs is 1. The largest absolute Gasteiger partial charge is 0.416 e. The van der Waals surface area contributed by atoms with Gasteiger partial charge in [-0.3, -0.25) is 9.59 Å². The molecular weight excluding hydrogens is 415 g/mol. The van der Waals surface area contributed by atoms with Crippen molar-refractivity contribution < 1.29 is 22.8 Å². The SMILES string of the molecule is O=C(Nc1ccc(C(F)(F)F)cc1)C(=O)Nc1c[nH]c2ccc(Br)cc12. The van der Waals surface area contributed by atoms with Gasteiger partial charge in [-0.25, -0.2) is 0 Å². The zero-order valence-corrected chi connectivity index (χ0v) is 14.5. The molecule has 0 atom stereocenters. The van der Waals surface area contributed by atoms with Crippen LogP contribution in [-0.4, -0.2) is 16.8 Å². The van der Waals surface area contributed by atoms with E-state index in [-0.39, 0.29) is 5.69 Å². The number of hydrogen-bond acceptors (Lipinski definition) is 2. The number of anilines is 2. The van der Waals surface area contributed by atoms with Gasteiger partial charge in [0.05, 0.1) is 11.3 Å². The number of H-pyrrole nitrogens is 1. The lowest BCUT2D eigenvalue weighted by Gasteiger charge is -2.09. The Morgan fingerprint density at radius 1 is 0.962 bits per heavy atom. The lowest BCUT2D eigenvalue weighted by molar-refractivity contribution is -0.137. The van der Waals surface area contributed by atoms with Gasteiger partial charge in [0.2, 0.25) is 0 Å². The number of halogens is 4. The van der Waals surface area contributed by atoms with Gasteiger partial charge in [-0.2, -0.15) is 13.2 Å². The highest BCUT2D eigenvalue weighted by molar-refractivity contribution is 9.10. The second-order valence-corrected chi connectivity index (χ2v) is 6.29. The Morgan fingerprint density at radius 3 is 2.27 bits per heavy atom. The molecule has 0 radical (unpaired) electrons. The molecule has 9 heteroatoms. The van der Waals surface area contributed by atoms with E-state index < -0.39 is 23.6 Å². The standard InChI is InChI=1S/C17H11BrF3N3O2/c18-10-3-6-13-12(7-10)14(8-22-13)24-16(26)15(25)23-11-4-1-9(2-5-11)17(19,20)21/h1-8,22H,(H,23,25)(H,24,26). The molecule has 0 spiro atoms. The first-order chi connectivity index (χ1) is 12.2. The molecule has 2 amide bonds. The summed E-state index contributed by atoms with van der Waals surface area (Å²) in [6.07, 6.45) is -2.93. The van der Waals surface area contributed by atoms with Gasteiger partial charge in [0.15, 0.2) is 0 Å². The second-order valence-electron chi connectivity index (χ2n) is 5.38. The van der Waals surface area contributed by atoms with Crippen LogP contribution in [0.1, 0.15) is 5.56 Å². The first-order valence-corrected chi connectivity index (χ1v) is 8.09. The minimum Gasteiger partial charge on any atom is -0.359 e. The number of nitrogens with one attached hydrogen (secondary N) is 3. The maximum atomic E-state index is 12.5. The van der Waals surface area contributed by atoms with Crippen LogP contribution in [0.4, 0.5) is 24.5 Å². The molecule has 3 aromatic rings. The van der Waals surface area contributed by atoms with Crippen LogP contribution in [0.2, 0.25) is 0 Å². The molecule has 3 rings (SSSR count). The summed E-state index contributed by atoms with van der Waals surface area (Å²) in [5.41, 5.74) is 0.421. The number of hydrogen-bond donors (Lipinski definition) is 3. The molecule has 0 aliphatic heterocycles. The summed E-state index contributed by atoms with van der Waals surface area (Å²) in [4.78, 5) is 27.0. The van der Waals surface area contributed by atoms with Gasteiger partial charge in [0.1, 0.15) is 0 Å². The number of alkyl halides is 3. The summed E-state index contributed by atoms with van der Waals surface area (Å²) in [5.74, 6) is -1.93. The lowest BCUT2D eigenvalue weighted by Crippen LogP contribution is -2.29. The summed E-state index contributed by atoms with van der Waals surface area (Å²) in [7, 11) is 0. The minimum absolute atomic E-state index is 0.0832. The van der Waals surface area contributed by atoms with Crippen molar-refractivity contribution in [1.29, 1.82) is 0 Å². The van der Waals surface area contributed by atoms with Crippen LogP contribution in [-0.2, 0) is 15.8 Å². The van der Waals surface area contributed by atoms with Crippen LogP contribution < -0.4 is 10.6 Å². The molecule has 1 heterocycles. The molecule has 5 nitrogen and oxygen atoms in total. The van der Waals surface area contributed by atoms with Crippen molar-refractivity contribution in [2.45, 2.75) is 6.18 Å².